The second-order valence-electron chi connectivity index (χ2n) is 6.48. The van der Waals surface area contributed by atoms with E-state index in [0.717, 1.165) is 27.1 Å². The Morgan fingerprint density at radius 2 is 2.00 bits per heavy atom. The molecule has 0 bridgehead atoms. The van der Waals surface area contributed by atoms with E-state index in [4.69, 9.17) is 0 Å². The highest BCUT2D eigenvalue weighted by Gasteiger charge is 2.19. The zero-order chi connectivity index (χ0) is 20.3. The number of thiazole rings is 1. The quantitative estimate of drug-likeness (QED) is 0.328. The molecule has 1 aromatic carbocycles. The summed E-state index contributed by atoms with van der Waals surface area (Å²) in [6, 6.07) is 9.06. The number of thiophene rings is 1. The van der Waals surface area contributed by atoms with Gasteiger partial charge in [-0.3, -0.25) is 19.8 Å². The number of para-hydroxylation sites is 1. The van der Waals surface area contributed by atoms with Crippen LogP contribution in [0.4, 0.5) is 10.1 Å². The third-order valence-corrected chi connectivity index (χ3v) is 6.11. The SMILES string of the molecule is Cc1cccc2sc(N(CCN(C)C)C(=O)C=Cc3ccc([N+](=O)[O-])s3)nc12. The number of carbonyl (C=O) groups is 1. The van der Waals surface area contributed by atoms with Gasteiger partial charge in [-0.05, 0) is 44.8 Å². The van der Waals surface area contributed by atoms with Crippen LogP contribution in [-0.4, -0.2) is 47.9 Å². The Bertz CT molecular complexity index is 1040. The van der Waals surface area contributed by atoms with Gasteiger partial charge in [-0.1, -0.05) is 34.8 Å². The van der Waals surface area contributed by atoms with Crippen molar-refractivity contribution in [2.24, 2.45) is 0 Å². The van der Waals surface area contributed by atoms with Crippen molar-refractivity contribution in [1.82, 2.24) is 9.88 Å². The maximum atomic E-state index is 12.9. The number of amides is 1. The van der Waals surface area contributed by atoms with Crippen LogP contribution in [0.2, 0.25) is 0 Å². The lowest BCUT2D eigenvalue weighted by molar-refractivity contribution is -0.380. The minimum Gasteiger partial charge on any atom is -0.308 e. The molecule has 0 aliphatic heterocycles. The first-order valence-electron chi connectivity index (χ1n) is 8.60. The molecule has 0 saturated carbocycles. The molecule has 0 radical (unpaired) electrons. The van der Waals surface area contributed by atoms with Crippen molar-refractivity contribution in [3.05, 3.63) is 57.0 Å². The molecule has 0 unspecified atom stereocenters. The minimum atomic E-state index is -0.434. The third-order valence-electron chi connectivity index (χ3n) is 4.06. The van der Waals surface area contributed by atoms with Crippen LogP contribution in [0, 0.1) is 17.0 Å². The molecule has 2 heterocycles. The summed E-state index contributed by atoms with van der Waals surface area (Å²) in [7, 11) is 3.90. The average molecular weight is 417 g/mol. The molecule has 3 rings (SSSR count). The van der Waals surface area contributed by atoms with Gasteiger partial charge in [0.25, 0.3) is 5.91 Å². The number of aromatic nitrogens is 1. The Morgan fingerprint density at radius 3 is 2.64 bits per heavy atom. The molecule has 0 aliphatic rings. The molecule has 28 heavy (non-hydrogen) atoms. The molecule has 2 aromatic heterocycles. The van der Waals surface area contributed by atoms with Crippen molar-refractivity contribution in [1.29, 1.82) is 0 Å². The molecular weight excluding hydrogens is 396 g/mol. The number of hydrogen-bond donors (Lipinski definition) is 0. The number of likely N-dealkylation sites (N-methyl/N-ethyl adjacent to an activating group) is 1. The van der Waals surface area contributed by atoms with E-state index in [1.165, 1.54) is 23.5 Å². The van der Waals surface area contributed by atoms with Crippen LogP contribution in [0.15, 0.2) is 36.4 Å². The molecule has 1 amide bonds. The summed E-state index contributed by atoms with van der Waals surface area (Å²) in [5.74, 6) is -0.199. The Labute approximate surface area is 170 Å². The summed E-state index contributed by atoms with van der Waals surface area (Å²) in [4.78, 5) is 32.3. The first kappa shape index (κ1) is 20.1. The van der Waals surface area contributed by atoms with Gasteiger partial charge in [0.15, 0.2) is 5.13 Å². The number of hydrogen-bond acceptors (Lipinski definition) is 7. The molecule has 0 spiro atoms. The molecule has 146 valence electrons. The second-order valence-corrected chi connectivity index (χ2v) is 8.58. The lowest BCUT2D eigenvalue weighted by Gasteiger charge is -2.20. The van der Waals surface area contributed by atoms with Crippen molar-refractivity contribution in [2.45, 2.75) is 6.92 Å². The van der Waals surface area contributed by atoms with E-state index in [1.807, 2.05) is 44.1 Å². The number of anilines is 1. The van der Waals surface area contributed by atoms with Crippen molar-refractivity contribution in [3.63, 3.8) is 0 Å². The zero-order valence-corrected chi connectivity index (χ0v) is 17.4. The molecule has 0 saturated heterocycles. The van der Waals surface area contributed by atoms with Gasteiger partial charge in [-0.15, -0.1) is 0 Å². The smallest absolute Gasteiger partial charge is 0.308 e. The molecule has 3 aromatic rings. The summed E-state index contributed by atoms with van der Waals surface area (Å²) in [5, 5.41) is 11.5. The summed E-state index contributed by atoms with van der Waals surface area (Å²) < 4.78 is 1.04. The Hall–Kier alpha value is -2.62. The normalized spacial score (nSPS) is 11.6. The number of rotatable bonds is 7. The topological polar surface area (TPSA) is 79.6 Å². The molecule has 0 aliphatic carbocycles. The van der Waals surface area contributed by atoms with Gasteiger partial charge in [0, 0.05) is 30.1 Å². The molecule has 9 heteroatoms. The molecule has 7 nitrogen and oxygen atoms in total. The van der Waals surface area contributed by atoms with E-state index in [0.29, 0.717) is 23.1 Å². The molecule has 0 N–H and O–H groups in total. The fourth-order valence-corrected chi connectivity index (χ4v) is 4.36. The lowest BCUT2D eigenvalue weighted by Crippen LogP contribution is -2.35. The second kappa shape index (κ2) is 8.59. The first-order chi connectivity index (χ1) is 13.3. The Morgan fingerprint density at radius 1 is 1.21 bits per heavy atom. The first-order valence-corrected chi connectivity index (χ1v) is 10.2. The van der Waals surface area contributed by atoms with E-state index in [-0.39, 0.29) is 10.9 Å². The summed E-state index contributed by atoms with van der Waals surface area (Å²) in [6.07, 6.45) is 3.06. The van der Waals surface area contributed by atoms with Crippen LogP contribution in [0.1, 0.15) is 10.4 Å². The number of benzene rings is 1. The standard InChI is InChI=1S/C19H20N4O3S2/c1-13-5-4-6-15-18(13)20-19(28-15)22(12-11-21(2)3)16(24)9-7-14-8-10-17(27-14)23(25)26/h4-10H,11-12H2,1-3H3. The van der Waals surface area contributed by atoms with Crippen LogP contribution in [0.25, 0.3) is 16.3 Å². The molecule has 0 fully saturated rings. The van der Waals surface area contributed by atoms with Gasteiger partial charge in [0.2, 0.25) is 0 Å². The zero-order valence-electron chi connectivity index (χ0n) is 15.8. The average Bonchev–Trinajstić information content (AvgIpc) is 3.27. The fourth-order valence-electron chi connectivity index (χ4n) is 2.56. The van der Waals surface area contributed by atoms with E-state index < -0.39 is 4.92 Å². The predicted molar refractivity (Wildman–Crippen MR) is 115 cm³/mol. The maximum Gasteiger partial charge on any atom is 0.324 e. The molecular formula is C19H20N4O3S2. The van der Waals surface area contributed by atoms with E-state index >= 15 is 0 Å². The van der Waals surface area contributed by atoms with Crippen molar-refractivity contribution < 1.29 is 9.72 Å². The van der Waals surface area contributed by atoms with E-state index in [9.17, 15) is 14.9 Å². The van der Waals surface area contributed by atoms with Crippen molar-refractivity contribution in [3.8, 4) is 0 Å². The van der Waals surface area contributed by atoms with E-state index in [2.05, 4.69) is 4.98 Å². The van der Waals surface area contributed by atoms with Gasteiger partial charge < -0.3 is 4.90 Å². The largest absolute Gasteiger partial charge is 0.324 e. The molecule has 0 atom stereocenters. The fraction of sp³-hybridized carbons (Fsp3) is 0.263. The van der Waals surface area contributed by atoms with Gasteiger partial charge in [-0.2, -0.15) is 0 Å². The summed E-state index contributed by atoms with van der Waals surface area (Å²) >= 11 is 2.52. The van der Waals surface area contributed by atoms with Gasteiger partial charge >= 0.3 is 5.00 Å². The van der Waals surface area contributed by atoms with Gasteiger partial charge in [-0.25, -0.2) is 4.98 Å². The Kier molecular flexibility index (Phi) is 6.18. The predicted octanol–water partition coefficient (Wildman–Crippen LogP) is 4.18. The highest BCUT2D eigenvalue weighted by Crippen LogP contribution is 2.31. The number of carbonyl (C=O) groups excluding carboxylic acids is 1. The van der Waals surface area contributed by atoms with Crippen molar-refractivity contribution >= 4 is 55.0 Å². The van der Waals surface area contributed by atoms with Gasteiger partial charge in [0.05, 0.1) is 15.1 Å². The van der Waals surface area contributed by atoms with Crippen LogP contribution in [0.3, 0.4) is 0 Å². The van der Waals surface area contributed by atoms with Crippen LogP contribution >= 0.6 is 22.7 Å². The monoisotopic (exact) mass is 416 g/mol. The number of aryl methyl sites for hydroxylation is 1. The number of fused-ring (bicyclic) bond motifs is 1. The summed E-state index contributed by atoms with van der Waals surface area (Å²) in [5.41, 5.74) is 1.98. The number of nitrogens with zero attached hydrogens (tertiary/aromatic N) is 4. The Balaban J connectivity index is 1.87. The highest BCUT2D eigenvalue weighted by molar-refractivity contribution is 7.22. The minimum absolute atomic E-state index is 0.0539. The van der Waals surface area contributed by atoms with Crippen LogP contribution < -0.4 is 4.90 Å². The third kappa shape index (κ3) is 4.61. The van der Waals surface area contributed by atoms with Crippen LogP contribution in [-0.2, 0) is 4.79 Å². The van der Waals surface area contributed by atoms with Crippen molar-refractivity contribution in [2.75, 3.05) is 32.1 Å². The number of nitro groups is 1. The van der Waals surface area contributed by atoms with Gasteiger partial charge in [0.1, 0.15) is 0 Å². The van der Waals surface area contributed by atoms with E-state index in [1.54, 1.807) is 17.0 Å². The lowest BCUT2D eigenvalue weighted by atomic mass is 10.2. The van der Waals surface area contributed by atoms with Crippen LogP contribution in [0.5, 0.6) is 0 Å². The highest BCUT2D eigenvalue weighted by atomic mass is 32.1. The summed E-state index contributed by atoms with van der Waals surface area (Å²) in [6.45, 7) is 3.19. The maximum absolute atomic E-state index is 12.9.